The van der Waals surface area contributed by atoms with Crippen LogP contribution in [-0.2, 0) is 22.9 Å². The molecule has 2 heterocycles. The summed E-state index contributed by atoms with van der Waals surface area (Å²) in [6, 6.07) is 13.7. The van der Waals surface area contributed by atoms with Crippen molar-refractivity contribution in [2.75, 3.05) is 31.1 Å². The Bertz CT molecular complexity index is 1100. The number of aromatic nitrogens is 1. The Balaban J connectivity index is 1.36. The Kier molecular flexibility index (Phi) is 6.69. The van der Waals surface area contributed by atoms with E-state index in [-0.39, 0.29) is 4.90 Å². The summed E-state index contributed by atoms with van der Waals surface area (Å²) < 4.78 is 40.2. The van der Waals surface area contributed by atoms with Crippen molar-refractivity contribution in [1.29, 1.82) is 0 Å². The molecule has 2 aromatic carbocycles. The topological polar surface area (TPSA) is 53.5 Å². The lowest BCUT2D eigenvalue weighted by Crippen LogP contribution is -2.48. The number of piperazine rings is 1. The quantitative estimate of drug-likeness (QED) is 0.528. The van der Waals surface area contributed by atoms with Gasteiger partial charge in [0.25, 0.3) is 0 Å². The number of anilines is 1. The lowest BCUT2D eigenvalue weighted by Gasteiger charge is -2.33. The van der Waals surface area contributed by atoms with Gasteiger partial charge in [0.15, 0.2) is 5.13 Å². The molecule has 4 rings (SSSR count). The average molecular weight is 460 g/mol. The Morgan fingerprint density at radius 3 is 2.26 bits per heavy atom. The standard InChI is InChI=1S/C23H26FN3O2S2/c1-2-3-18-4-6-19(7-5-18)16-21-17-30-23(25-21)26-12-14-27(15-13-26)31(28,29)22-10-8-20(24)9-11-22/h4-11,17H,2-3,12-16H2,1H3. The Hall–Kier alpha value is -2.29. The van der Waals surface area contributed by atoms with E-state index in [1.165, 1.54) is 39.7 Å². The molecule has 1 saturated heterocycles. The fourth-order valence-corrected chi connectivity index (χ4v) is 6.02. The van der Waals surface area contributed by atoms with Crippen molar-refractivity contribution in [3.05, 3.63) is 76.5 Å². The molecule has 164 valence electrons. The van der Waals surface area contributed by atoms with Crippen LogP contribution in [0.3, 0.4) is 0 Å². The van der Waals surface area contributed by atoms with Crippen LogP contribution in [0.15, 0.2) is 58.8 Å². The summed E-state index contributed by atoms with van der Waals surface area (Å²) in [5.74, 6) is -0.444. The van der Waals surface area contributed by atoms with Gasteiger partial charge in [0, 0.05) is 38.0 Å². The Morgan fingerprint density at radius 2 is 1.61 bits per heavy atom. The van der Waals surface area contributed by atoms with Gasteiger partial charge in [-0.05, 0) is 41.8 Å². The molecule has 31 heavy (non-hydrogen) atoms. The Morgan fingerprint density at radius 1 is 0.968 bits per heavy atom. The van der Waals surface area contributed by atoms with E-state index in [9.17, 15) is 12.8 Å². The van der Waals surface area contributed by atoms with Crippen LogP contribution in [0.4, 0.5) is 9.52 Å². The number of thiazole rings is 1. The van der Waals surface area contributed by atoms with Gasteiger partial charge in [-0.3, -0.25) is 0 Å². The van der Waals surface area contributed by atoms with Crippen molar-refractivity contribution in [1.82, 2.24) is 9.29 Å². The number of aryl methyl sites for hydroxylation is 1. The van der Waals surface area contributed by atoms with E-state index in [0.717, 1.165) is 30.1 Å². The number of hydrogen-bond acceptors (Lipinski definition) is 5. The van der Waals surface area contributed by atoms with Gasteiger partial charge in [-0.25, -0.2) is 17.8 Å². The highest BCUT2D eigenvalue weighted by Crippen LogP contribution is 2.25. The summed E-state index contributed by atoms with van der Waals surface area (Å²) in [7, 11) is -3.60. The Labute approximate surface area is 187 Å². The summed E-state index contributed by atoms with van der Waals surface area (Å²) in [5.41, 5.74) is 3.63. The number of benzene rings is 2. The second kappa shape index (κ2) is 9.46. The van der Waals surface area contributed by atoms with Gasteiger partial charge in [-0.1, -0.05) is 37.6 Å². The van der Waals surface area contributed by atoms with Crippen LogP contribution in [0.1, 0.15) is 30.2 Å². The molecule has 0 N–H and O–H groups in total. The minimum Gasteiger partial charge on any atom is -0.345 e. The lowest BCUT2D eigenvalue weighted by atomic mass is 10.1. The normalized spacial score (nSPS) is 15.4. The van der Waals surface area contributed by atoms with Crippen molar-refractivity contribution < 1.29 is 12.8 Å². The van der Waals surface area contributed by atoms with E-state index in [4.69, 9.17) is 4.98 Å². The van der Waals surface area contributed by atoms with Gasteiger partial charge in [0.05, 0.1) is 10.6 Å². The molecular formula is C23H26FN3O2S2. The van der Waals surface area contributed by atoms with Gasteiger partial charge < -0.3 is 4.90 Å². The maximum Gasteiger partial charge on any atom is 0.243 e. The molecule has 1 fully saturated rings. The smallest absolute Gasteiger partial charge is 0.243 e. The number of sulfonamides is 1. The van der Waals surface area contributed by atoms with Crippen LogP contribution in [0.5, 0.6) is 0 Å². The zero-order valence-electron chi connectivity index (χ0n) is 17.5. The van der Waals surface area contributed by atoms with Crippen molar-refractivity contribution in [2.24, 2.45) is 0 Å². The molecule has 0 atom stereocenters. The van der Waals surface area contributed by atoms with E-state index >= 15 is 0 Å². The first kappa shape index (κ1) is 21.9. The lowest BCUT2D eigenvalue weighted by molar-refractivity contribution is 0.384. The predicted octanol–water partition coefficient (Wildman–Crippen LogP) is 4.34. The first-order chi connectivity index (χ1) is 15.0. The van der Waals surface area contributed by atoms with Crippen LogP contribution in [-0.4, -0.2) is 43.9 Å². The number of nitrogens with zero attached hydrogens (tertiary/aromatic N) is 3. The molecule has 1 aromatic heterocycles. The zero-order valence-corrected chi connectivity index (χ0v) is 19.1. The van der Waals surface area contributed by atoms with Gasteiger partial charge >= 0.3 is 0 Å². The van der Waals surface area contributed by atoms with Gasteiger partial charge in [-0.2, -0.15) is 4.31 Å². The van der Waals surface area contributed by atoms with Crippen molar-refractivity contribution in [3.8, 4) is 0 Å². The highest BCUT2D eigenvalue weighted by molar-refractivity contribution is 7.89. The third-order valence-corrected chi connectivity index (χ3v) is 8.31. The second-order valence-corrected chi connectivity index (χ2v) is 10.5. The van der Waals surface area contributed by atoms with E-state index < -0.39 is 15.8 Å². The van der Waals surface area contributed by atoms with Crippen molar-refractivity contribution >= 4 is 26.5 Å². The maximum absolute atomic E-state index is 13.1. The van der Waals surface area contributed by atoms with Crippen LogP contribution >= 0.6 is 11.3 Å². The van der Waals surface area contributed by atoms with Gasteiger partial charge in [-0.15, -0.1) is 11.3 Å². The first-order valence-electron chi connectivity index (χ1n) is 10.5. The van der Waals surface area contributed by atoms with Crippen LogP contribution in [0.2, 0.25) is 0 Å². The minimum absolute atomic E-state index is 0.129. The third-order valence-electron chi connectivity index (χ3n) is 5.45. The fourth-order valence-electron chi connectivity index (χ4n) is 3.72. The SMILES string of the molecule is CCCc1ccc(Cc2csc(N3CCN(S(=O)(=O)c4ccc(F)cc4)CC3)n2)cc1. The highest BCUT2D eigenvalue weighted by Gasteiger charge is 2.29. The highest BCUT2D eigenvalue weighted by atomic mass is 32.2. The molecule has 1 aliphatic rings. The predicted molar refractivity (Wildman–Crippen MR) is 123 cm³/mol. The first-order valence-corrected chi connectivity index (χ1v) is 12.8. The van der Waals surface area contributed by atoms with E-state index in [1.54, 1.807) is 11.3 Å². The molecule has 3 aromatic rings. The summed E-state index contributed by atoms with van der Waals surface area (Å²) in [5, 5.41) is 3.01. The summed E-state index contributed by atoms with van der Waals surface area (Å²) in [6.07, 6.45) is 3.04. The van der Waals surface area contributed by atoms with Crippen LogP contribution in [0, 0.1) is 5.82 Å². The van der Waals surface area contributed by atoms with Crippen molar-refractivity contribution in [3.63, 3.8) is 0 Å². The molecule has 0 unspecified atom stereocenters. The summed E-state index contributed by atoms with van der Waals surface area (Å²) in [4.78, 5) is 7.04. The maximum atomic E-state index is 13.1. The summed E-state index contributed by atoms with van der Waals surface area (Å²) >= 11 is 1.60. The molecule has 0 saturated carbocycles. The number of halogens is 1. The van der Waals surface area contributed by atoms with Crippen molar-refractivity contribution in [2.45, 2.75) is 31.1 Å². The molecule has 0 radical (unpaired) electrons. The average Bonchev–Trinajstić information content (AvgIpc) is 3.24. The minimum atomic E-state index is -3.60. The fraction of sp³-hybridized carbons (Fsp3) is 0.348. The summed E-state index contributed by atoms with van der Waals surface area (Å²) in [6.45, 7) is 4.11. The number of rotatable bonds is 7. The molecule has 0 aliphatic carbocycles. The van der Waals surface area contributed by atoms with E-state index in [0.29, 0.717) is 26.2 Å². The molecule has 0 spiro atoms. The monoisotopic (exact) mass is 459 g/mol. The van der Waals surface area contributed by atoms with Crippen LogP contribution in [0.25, 0.3) is 0 Å². The third kappa shape index (κ3) is 5.14. The molecule has 5 nitrogen and oxygen atoms in total. The molecule has 1 aliphatic heterocycles. The van der Waals surface area contributed by atoms with Gasteiger partial charge in [0.2, 0.25) is 10.0 Å². The zero-order chi connectivity index (χ0) is 21.8. The molecular weight excluding hydrogens is 433 g/mol. The number of hydrogen-bond donors (Lipinski definition) is 0. The molecule has 0 bridgehead atoms. The largest absolute Gasteiger partial charge is 0.345 e. The molecule has 8 heteroatoms. The van der Waals surface area contributed by atoms with E-state index in [2.05, 4.69) is 41.5 Å². The van der Waals surface area contributed by atoms with Crippen LogP contribution < -0.4 is 4.90 Å². The van der Waals surface area contributed by atoms with Gasteiger partial charge in [0.1, 0.15) is 5.82 Å². The van der Waals surface area contributed by atoms with E-state index in [1.807, 2.05) is 0 Å². The second-order valence-electron chi connectivity index (χ2n) is 7.71. The molecule has 0 amide bonds.